The third-order valence-electron chi connectivity index (χ3n) is 1.21. The Labute approximate surface area is 87.7 Å². The van der Waals surface area contributed by atoms with Crippen molar-refractivity contribution in [2.45, 2.75) is 20.8 Å². The number of hydrogen-bond acceptors (Lipinski definition) is 4. The summed E-state index contributed by atoms with van der Waals surface area (Å²) in [5.74, 6) is 0. The molecule has 0 rings (SSSR count). The lowest BCUT2D eigenvalue weighted by molar-refractivity contribution is 0.0185. The quantitative estimate of drug-likeness (QED) is 0.574. The topological polar surface area (TPSA) is 53.7 Å². The second kappa shape index (κ2) is 18.6. The number of hydrogen-bond donors (Lipinski definition) is 1. The first-order chi connectivity index (χ1) is 6.91. The fourth-order valence-electron chi connectivity index (χ4n) is 0.667. The van der Waals surface area contributed by atoms with Gasteiger partial charge in [0.15, 0.2) is 0 Å². The Hall–Kier alpha value is -0.160. The SMILES string of the molecule is CC.CCOCCOCCOCCN. The highest BCUT2D eigenvalue weighted by Gasteiger charge is 1.88. The van der Waals surface area contributed by atoms with Gasteiger partial charge in [0, 0.05) is 13.2 Å². The van der Waals surface area contributed by atoms with Crippen LogP contribution >= 0.6 is 0 Å². The van der Waals surface area contributed by atoms with E-state index >= 15 is 0 Å². The van der Waals surface area contributed by atoms with Crippen LogP contribution < -0.4 is 5.73 Å². The number of nitrogens with two attached hydrogens (primary N) is 1. The summed E-state index contributed by atoms with van der Waals surface area (Å²) in [5, 5.41) is 0. The summed E-state index contributed by atoms with van der Waals surface area (Å²) in [7, 11) is 0. The molecule has 0 aliphatic rings. The smallest absolute Gasteiger partial charge is 0.0701 e. The maximum absolute atomic E-state index is 5.22. The van der Waals surface area contributed by atoms with Gasteiger partial charge < -0.3 is 19.9 Å². The Morgan fingerprint density at radius 1 is 0.786 bits per heavy atom. The van der Waals surface area contributed by atoms with E-state index < -0.39 is 0 Å². The lowest BCUT2D eigenvalue weighted by Gasteiger charge is -2.04. The van der Waals surface area contributed by atoms with Gasteiger partial charge >= 0.3 is 0 Å². The average Bonchev–Trinajstić information content (AvgIpc) is 2.25. The van der Waals surface area contributed by atoms with Crippen molar-refractivity contribution in [3.05, 3.63) is 0 Å². The van der Waals surface area contributed by atoms with Crippen molar-refractivity contribution < 1.29 is 14.2 Å². The molecule has 0 unspecified atom stereocenters. The van der Waals surface area contributed by atoms with Crippen molar-refractivity contribution in [3.8, 4) is 0 Å². The Kier molecular flexibility index (Phi) is 21.6. The molecular weight excluding hydrogens is 182 g/mol. The molecule has 0 spiro atoms. The minimum absolute atomic E-state index is 0.568. The Bertz CT molecular complexity index is 71.8. The van der Waals surface area contributed by atoms with E-state index in [-0.39, 0.29) is 0 Å². The summed E-state index contributed by atoms with van der Waals surface area (Å²) in [6.45, 7) is 10.4. The van der Waals surface area contributed by atoms with Gasteiger partial charge in [-0.1, -0.05) is 13.8 Å². The van der Waals surface area contributed by atoms with E-state index in [1.807, 2.05) is 20.8 Å². The molecule has 14 heavy (non-hydrogen) atoms. The van der Waals surface area contributed by atoms with Gasteiger partial charge in [0.1, 0.15) is 0 Å². The largest absolute Gasteiger partial charge is 0.379 e. The van der Waals surface area contributed by atoms with Gasteiger partial charge in [-0.25, -0.2) is 0 Å². The van der Waals surface area contributed by atoms with Gasteiger partial charge in [0.25, 0.3) is 0 Å². The Morgan fingerprint density at radius 2 is 1.21 bits per heavy atom. The highest BCUT2D eigenvalue weighted by atomic mass is 16.5. The molecule has 0 aromatic carbocycles. The summed E-state index contributed by atoms with van der Waals surface area (Å²) in [6, 6.07) is 0. The van der Waals surface area contributed by atoms with E-state index in [4.69, 9.17) is 19.9 Å². The van der Waals surface area contributed by atoms with Crippen LogP contribution in [0.4, 0.5) is 0 Å². The zero-order chi connectivity index (χ0) is 11.1. The second-order valence-electron chi connectivity index (χ2n) is 2.21. The molecule has 0 heterocycles. The van der Waals surface area contributed by atoms with Crippen LogP contribution in [0.1, 0.15) is 20.8 Å². The summed E-state index contributed by atoms with van der Waals surface area (Å²) in [6.07, 6.45) is 0. The van der Waals surface area contributed by atoms with Crippen LogP contribution in [0.5, 0.6) is 0 Å². The lowest BCUT2D eigenvalue weighted by atomic mass is 10.7. The zero-order valence-electron chi connectivity index (χ0n) is 9.75. The van der Waals surface area contributed by atoms with Crippen molar-refractivity contribution in [1.82, 2.24) is 0 Å². The molecule has 0 aromatic heterocycles. The lowest BCUT2D eigenvalue weighted by Crippen LogP contribution is -2.13. The minimum atomic E-state index is 0.568. The summed E-state index contributed by atoms with van der Waals surface area (Å²) < 4.78 is 15.4. The third-order valence-corrected chi connectivity index (χ3v) is 1.21. The molecule has 0 amide bonds. The van der Waals surface area contributed by atoms with Crippen LogP contribution in [0.25, 0.3) is 0 Å². The monoisotopic (exact) mass is 207 g/mol. The molecular formula is C10H25NO3. The fraction of sp³-hybridized carbons (Fsp3) is 1.00. The first-order valence-corrected chi connectivity index (χ1v) is 5.35. The van der Waals surface area contributed by atoms with E-state index in [9.17, 15) is 0 Å². The van der Waals surface area contributed by atoms with Gasteiger partial charge in [0.05, 0.1) is 33.0 Å². The van der Waals surface area contributed by atoms with E-state index in [2.05, 4.69) is 0 Å². The van der Waals surface area contributed by atoms with Crippen LogP contribution in [0.15, 0.2) is 0 Å². The van der Waals surface area contributed by atoms with E-state index in [1.54, 1.807) is 0 Å². The third kappa shape index (κ3) is 17.8. The fourth-order valence-corrected chi connectivity index (χ4v) is 0.667. The number of ether oxygens (including phenoxy) is 3. The van der Waals surface area contributed by atoms with E-state index in [0.717, 1.165) is 6.61 Å². The highest BCUT2D eigenvalue weighted by Crippen LogP contribution is 1.79. The maximum atomic E-state index is 5.22. The number of rotatable bonds is 9. The predicted octanol–water partition coefficient (Wildman–Crippen LogP) is 1.04. The van der Waals surface area contributed by atoms with Crippen LogP contribution in [0, 0.1) is 0 Å². The molecule has 4 heteroatoms. The molecule has 0 saturated carbocycles. The Morgan fingerprint density at radius 3 is 1.64 bits per heavy atom. The molecule has 0 aliphatic carbocycles. The maximum Gasteiger partial charge on any atom is 0.0701 e. The Balaban J connectivity index is 0. The predicted molar refractivity (Wildman–Crippen MR) is 58.5 cm³/mol. The molecule has 0 atom stereocenters. The van der Waals surface area contributed by atoms with Crippen molar-refractivity contribution in [3.63, 3.8) is 0 Å². The van der Waals surface area contributed by atoms with Crippen LogP contribution in [-0.2, 0) is 14.2 Å². The molecule has 2 N–H and O–H groups in total. The van der Waals surface area contributed by atoms with Crippen LogP contribution in [-0.4, -0.2) is 46.2 Å². The zero-order valence-corrected chi connectivity index (χ0v) is 9.75. The summed E-state index contributed by atoms with van der Waals surface area (Å²) in [5.41, 5.74) is 5.22. The van der Waals surface area contributed by atoms with Crippen molar-refractivity contribution in [2.75, 3.05) is 46.2 Å². The van der Waals surface area contributed by atoms with Crippen LogP contribution in [0.2, 0.25) is 0 Å². The molecule has 4 nitrogen and oxygen atoms in total. The van der Waals surface area contributed by atoms with Crippen molar-refractivity contribution in [1.29, 1.82) is 0 Å². The second-order valence-corrected chi connectivity index (χ2v) is 2.21. The molecule has 0 saturated heterocycles. The molecule has 0 fully saturated rings. The van der Waals surface area contributed by atoms with E-state index in [0.29, 0.717) is 39.6 Å². The van der Waals surface area contributed by atoms with Gasteiger partial charge in [-0.15, -0.1) is 0 Å². The molecule has 0 radical (unpaired) electrons. The molecule has 88 valence electrons. The first-order valence-electron chi connectivity index (χ1n) is 5.35. The molecule has 0 aliphatic heterocycles. The van der Waals surface area contributed by atoms with Crippen LogP contribution in [0.3, 0.4) is 0 Å². The normalized spacial score (nSPS) is 9.43. The molecule has 0 bridgehead atoms. The van der Waals surface area contributed by atoms with Gasteiger partial charge in [-0.3, -0.25) is 0 Å². The van der Waals surface area contributed by atoms with E-state index in [1.165, 1.54) is 0 Å². The first kappa shape index (κ1) is 16.3. The summed E-state index contributed by atoms with van der Waals surface area (Å²) >= 11 is 0. The standard InChI is InChI=1S/C8H19NO3.C2H6/c1-2-10-5-6-12-8-7-11-4-3-9;1-2/h2-9H2,1H3;1-2H3. The average molecular weight is 207 g/mol. The van der Waals surface area contributed by atoms with Gasteiger partial charge in [-0.05, 0) is 6.92 Å². The van der Waals surface area contributed by atoms with Gasteiger partial charge in [0.2, 0.25) is 0 Å². The van der Waals surface area contributed by atoms with Crippen molar-refractivity contribution in [2.24, 2.45) is 5.73 Å². The summed E-state index contributed by atoms with van der Waals surface area (Å²) in [4.78, 5) is 0. The molecule has 0 aromatic rings. The highest BCUT2D eigenvalue weighted by molar-refractivity contribution is 4.33. The van der Waals surface area contributed by atoms with Gasteiger partial charge in [-0.2, -0.15) is 0 Å². The minimum Gasteiger partial charge on any atom is -0.379 e. The van der Waals surface area contributed by atoms with Crippen molar-refractivity contribution >= 4 is 0 Å².